The second-order valence-electron chi connectivity index (χ2n) is 5.29. The minimum Gasteiger partial charge on any atom is -0.350 e. The molecule has 2 aromatic rings. The maximum Gasteiger partial charge on any atom is 0.251 e. The summed E-state index contributed by atoms with van der Waals surface area (Å²) in [6, 6.07) is 5.77. The molecule has 0 spiro atoms. The molecule has 19 heavy (non-hydrogen) atoms. The number of hydrogen-bond acceptors (Lipinski definition) is 2. The van der Waals surface area contributed by atoms with Crippen molar-refractivity contribution in [2.75, 3.05) is 0 Å². The summed E-state index contributed by atoms with van der Waals surface area (Å²) < 4.78 is 0. The van der Waals surface area contributed by atoms with E-state index in [1.165, 1.54) is 0 Å². The van der Waals surface area contributed by atoms with Gasteiger partial charge in [0.15, 0.2) is 0 Å². The molecule has 0 saturated heterocycles. The Hall–Kier alpha value is -1.84. The van der Waals surface area contributed by atoms with Crippen LogP contribution >= 0.6 is 0 Å². The number of fused-ring (bicyclic) bond motifs is 1. The first kappa shape index (κ1) is 13.6. The Kier molecular flexibility index (Phi) is 3.88. The van der Waals surface area contributed by atoms with Crippen LogP contribution in [-0.2, 0) is 0 Å². The summed E-state index contributed by atoms with van der Waals surface area (Å²) in [5.41, 5.74) is 2.50. The Labute approximate surface area is 113 Å². The third-order valence-corrected chi connectivity index (χ3v) is 3.30. The average molecular weight is 259 g/mol. The molecule has 0 saturated carbocycles. The van der Waals surface area contributed by atoms with Gasteiger partial charge in [0.1, 0.15) is 5.82 Å². The number of aromatic amines is 1. The highest BCUT2D eigenvalue weighted by Gasteiger charge is 2.11. The van der Waals surface area contributed by atoms with Crippen LogP contribution in [0.4, 0.5) is 0 Å². The van der Waals surface area contributed by atoms with E-state index in [1.807, 2.05) is 25.1 Å². The number of carbonyl (C=O) groups excluding carboxylic acids is 1. The highest BCUT2D eigenvalue weighted by Crippen LogP contribution is 2.18. The van der Waals surface area contributed by atoms with Crippen molar-refractivity contribution < 1.29 is 4.79 Å². The minimum atomic E-state index is -0.0306. The fourth-order valence-electron chi connectivity index (χ4n) is 1.85. The monoisotopic (exact) mass is 259 g/mol. The molecule has 4 nitrogen and oxygen atoms in total. The summed E-state index contributed by atoms with van der Waals surface area (Å²) >= 11 is 0. The molecular weight excluding hydrogens is 238 g/mol. The zero-order valence-corrected chi connectivity index (χ0v) is 11.9. The van der Waals surface area contributed by atoms with Crippen molar-refractivity contribution in [3.8, 4) is 0 Å². The lowest BCUT2D eigenvalue weighted by Crippen LogP contribution is -2.31. The van der Waals surface area contributed by atoms with Crippen LogP contribution in [0.5, 0.6) is 0 Å². The van der Waals surface area contributed by atoms with Gasteiger partial charge in [0.25, 0.3) is 5.91 Å². The Morgan fingerprint density at radius 3 is 2.74 bits per heavy atom. The lowest BCUT2D eigenvalue weighted by molar-refractivity contribution is 0.0939. The maximum absolute atomic E-state index is 12.1. The van der Waals surface area contributed by atoms with Crippen molar-refractivity contribution >= 4 is 16.9 Å². The quantitative estimate of drug-likeness (QED) is 0.885. The number of aromatic nitrogens is 2. The van der Waals surface area contributed by atoms with Gasteiger partial charge in [0, 0.05) is 17.5 Å². The lowest BCUT2D eigenvalue weighted by atomic mass is 10.1. The molecule has 0 aliphatic heterocycles. The molecule has 0 bridgehead atoms. The molecule has 0 aliphatic rings. The van der Waals surface area contributed by atoms with E-state index in [9.17, 15) is 4.79 Å². The predicted molar refractivity (Wildman–Crippen MR) is 77.4 cm³/mol. The van der Waals surface area contributed by atoms with E-state index in [2.05, 4.69) is 36.1 Å². The molecule has 1 aromatic heterocycles. The van der Waals surface area contributed by atoms with Gasteiger partial charge in [-0.3, -0.25) is 4.79 Å². The molecule has 2 N–H and O–H groups in total. The molecule has 1 aromatic carbocycles. The van der Waals surface area contributed by atoms with Crippen molar-refractivity contribution in [2.45, 2.75) is 46.1 Å². The van der Waals surface area contributed by atoms with Crippen LogP contribution in [0, 0.1) is 0 Å². The van der Waals surface area contributed by atoms with Crippen molar-refractivity contribution in [3.05, 3.63) is 29.6 Å². The zero-order valence-electron chi connectivity index (χ0n) is 11.9. The summed E-state index contributed by atoms with van der Waals surface area (Å²) in [7, 11) is 0. The molecule has 4 heteroatoms. The van der Waals surface area contributed by atoms with Gasteiger partial charge in [0.05, 0.1) is 11.0 Å². The van der Waals surface area contributed by atoms with Gasteiger partial charge in [0.2, 0.25) is 0 Å². The summed E-state index contributed by atoms with van der Waals surface area (Å²) in [5.74, 6) is 1.27. The minimum absolute atomic E-state index is 0.0306. The summed E-state index contributed by atoms with van der Waals surface area (Å²) in [6.45, 7) is 8.24. The van der Waals surface area contributed by atoms with E-state index in [0.717, 1.165) is 23.3 Å². The van der Waals surface area contributed by atoms with E-state index in [1.54, 1.807) is 0 Å². The average Bonchev–Trinajstić information content (AvgIpc) is 2.81. The number of rotatable bonds is 4. The number of imidazole rings is 1. The lowest BCUT2D eigenvalue weighted by Gasteiger charge is -2.11. The number of nitrogens with one attached hydrogen (secondary N) is 2. The second kappa shape index (κ2) is 5.43. The highest BCUT2D eigenvalue weighted by molar-refractivity contribution is 5.97. The molecule has 2 rings (SSSR count). The zero-order chi connectivity index (χ0) is 14.0. The van der Waals surface area contributed by atoms with Gasteiger partial charge in [-0.2, -0.15) is 0 Å². The number of amides is 1. The third kappa shape index (κ3) is 2.95. The molecule has 1 amide bonds. The van der Waals surface area contributed by atoms with Crippen LogP contribution in [0.2, 0.25) is 0 Å². The fraction of sp³-hybridized carbons (Fsp3) is 0.467. The van der Waals surface area contributed by atoms with Crippen LogP contribution in [-0.4, -0.2) is 21.9 Å². The molecule has 1 unspecified atom stereocenters. The first-order valence-corrected chi connectivity index (χ1v) is 6.81. The van der Waals surface area contributed by atoms with Crippen LogP contribution < -0.4 is 5.32 Å². The summed E-state index contributed by atoms with van der Waals surface area (Å²) in [4.78, 5) is 19.8. The van der Waals surface area contributed by atoms with Gasteiger partial charge < -0.3 is 10.3 Å². The van der Waals surface area contributed by atoms with Crippen molar-refractivity contribution in [1.82, 2.24) is 15.3 Å². The van der Waals surface area contributed by atoms with E-state index in [-0.39, 0.29) is 11.9 Å². The van der Waals surface area contributed by atoms with Crippen LogP contribution in [0.15, 0.2) is 18.2 Å². The van der Waals surface area contributed by atoms with Crippen molar-refractivity contribution in [1.29, 1.82) is 0 Å². The van der Waals surface area contributed by atoms with Gasteiger partial charge in [-0.25, -0.2) is 4.98 Å². The molecule has 1 atom stereocenters. The van der Waals surface area contributed by atoms with Gasteiger partial charge in [-0.15, -0.1) is 0 Å². The Balaban J connectivity index is 2.28. The molecular formula is C15H21N3O. The van der Waals surface area contributed by atoms with E-state index < -0.39 is 0 Å². The maximum atomic E-state index is 12.1. The standard InChI is InChI=1S/C15H21N3O/c1-5-10(4)16-15(19)11-6-7-12-13(8-11)18-14(17-12)9(2)3/h6-10H,5H2,1-4H3,(H,16,19)(H,17,18). The summed E-state index contributed by atoms with van der Waals surface area (Å²) in [6.07, 6.45) is 0.926. The first-order valence-electron chi connectivity index (χ1n) is 6.81. The number of carbonyl (C=O) groups is 1. The van der Waals surface area contributed by atoms with Crippen molar-refractivity contribution in [3.63, 3.8) is 0 Å². The second-order valence-corrected chi connectivity index (χ2v) is 5.29. The topological polar surface area (TPSA) is 57.8 Å². The molecule has 0 radical (unpaired) electrons. The Morgan fingerprint density at radius 1 is 1.37 bits per heavy atom. The summed E-state index contributed by atoms with van der Waals surface area (Å²) in [5, 5.41) is 2.97. The Bertz CT molecular complexity index is 586. The van der Waals surface area contributed by atoms with Crippen LogP contribution in [0.1, 0.15) is 56.2 Å². The largest absolute Gasteiger partial charge is 0.350 e. The normalized spacial score (nSPS) is 12.9. The van der Waals surface area contributed by atoms with Crippen LogP contribution in [0.3, 0.4) is 0 Å². The van der Waals surface area contributed by atoms with Crippen molar-refractivity contribution in [2.24, 2.45) is 0 Å². The predicted octanol–water partition coefficient (Wildman–Crippen LogP) is 3.21. The molecule has 0 fully saturated rings. The fourth-order valence-corrected chi connectivity index (χ4v) is 1.85. The highest BCUT2D eigenvalue weighted by atomic mass is 16.1. The smallest absolute Gasteiger partial charge is 0.251 e. The molecule has 0 aliphatic carbocycles. The van der Waals surface area contributed by atoms with E-state index >= 15 is 0 Å². The van der Waals surface area contributed by atoms with E-state index in [4.69, 9.17) is 0 Å². The molecule has 1 heterocycles. The van der Waals surface area contributed by atoms with Gasteiger partial charge in [-0.1, -0.05) is 20.8 Å². The Morgan fingerprint density at radius 2 is 2.11 bits per heavy atom. The molecule has 102 valence electrons. The number of benzene rings is 1. The van der Waals surface area contributed by atoms with Gasteiger partial charge >= 0.3 is 0 Å². The number of H-pyrrole nitrogens is 1. The third-order valence-electron chi connectivity index (χ3n) is 3.30. The first-order chi connectivity index (χ1) is 9.01. The SMILES string of the molecule is CCC(C)NC(=O)c1ccc2nc(C(C)C)[nH]c2c1. The van der Waals surface area contributed by atoms with Crippen LogP contribution in [0.25, 0.3) is 11.0 Å². The van der Waals surface area contributed by atoms with Gasteiger partial charge in [-0.05, 0) is 31.5 Å². The number of nitrogens with zero attached hydrogens (tertiary/aromatic N) is 1. The van der Waals surface area contributed by atoms with E-state index in [0.29, 0.717) is 11.5 Å². The number of hydrogen-bond donors (Lipinski definition) is 2.